The van der Waals surface area contributed by atoms with Crippen LogP contribution in [0.15, 0.2) is 18.2 Å². The Kier molecular flexibility index (Phi) is 4.96. The molecule has 2 N–H and O–H groups in total. The Morgan fingerprint density at radius 2 is 1.82 bits per heavy atom. The second kappa shape index (κ2) is 6.41. The first kappa shape index (κ1) is 17.0. The van der Waals surface area contributed by atoms with Gasteiger partial charge in [0.15, 0.2) is 0 Å². The lowest BCUT2D eigenvalue weighted by atomic mass is 9.84. The molecule has 0 bridgehead atoms. The normalized spacial score (nSPS) is 17.1. The predicted octanol–water partition coefficient (Wildman–Crippen LogP) is 3.93. The zero-order chi connectivity index (χ0) is 16.4. The maximum absolute atomic E-state index is 11.7. The molecule has 1 atom stereocenters. The van der Waals surface area contributed by atoms with Gasteiger partial charge in [0.25, 0.3) is 0 Å². The molecule has 0 amide bonds. The van der Waals surface area contributed by atoms with E-state index in [0.717, 1.165) is 12.8 Å². The zero-order valence-corrected chi connectivity index (χ0v) is 14.3. The van der Waals surface area contributed by atoms with E-state index in [4.69, 9.17) is 0 Å². The van der Waals surface area contributed by atoms with Gasteiger partial charge in [-0.15, -0.1) is 0 Å². The number of carboxylic acids is 1. The van der Waals surface area contributed by atoms with Crippen LogP contribution in [0, 0.1) is 5.41 Å². The summed E-state index contributed by atoms with van der Waals surface area (Å²) >= 11 is 0. The fraction of sp³-hybridized carbons (Fsp3) is 0.632. The van der Waals surface area contributed by atoms with E-state index in [1.165, 1.54) is 29.5 Å². The minimum Gasteiger partial charge on any atom is -0.480 e. The first-order valence-corrected chi connectivity index (χ1v) is 8.29. The first-order chi connectivity index (χ1) is 10.2. The second-order valence-electron chi connectivity index (χ2n) is 8.01. The van der Waals surface area contributed by atoms with Crippen LogP contribution >= 0.6 is 0 Å². The van der Waals surface area contributed by atoms with Crippen molar-refractivity contribution in [3.8, 4) is 0 Å². The minimum absolute atomic E-state index is 0.145. The molecule has 0 radical (unpaired) electrons. The predicted molar refractivity (Wildman–Crippen MR) is 90.0 cm³/mol. The first-order valence-electron chi connectivity index (χ1n) is 8.29. The van der Waals surface area contributed by atoms with Crippen LogP contribution in [0.5, 0.6) is 0 Å². The maximum Gasteiger partial charge on any atom is 0.323 e. The van der Waals surface area contributed by atoms with Crippen LogP contribution in [0.25, 0.3) is 0 Å². The van der Waals surface area contributed by atoms with Gasteiger partial charge in [0.1, 0.15) is 5.54 Å². The fourth-order valence-electron chi connectivity index (χ4n) is 2.93. The van der Waals surface area contributed by atoms with Crippen LogP contribution in [0.2, 0.25) is 0 Å². The molecular weight excluding hydrogens is 274 g/mol. The summed E-state index contributed by atoms with van der Waals surface area (Å²) in [5, 5.41) is 12.9. The van der Waals surface area contributed by atoms with Gasteiger partial charge in [-0.25, -0.2) is 0 Å². The quantitative estimate of drug-likeness (QED) is 0.837. The number of rotatable bonds is 6. The van der Waals surface area contributed by atoms with Gasteiger partial charge in [-0.05, 0) is 61.1 Å². The third-order valence-electron chi connectivity index (χ3n) is 4.69. The molecule has 3 heteroatoms. The third-order valence-corrected chi connectivity index (χ3v) is 4.69. The van der Waals surface area contributed by atoms with Crippen molar-refractivity contribution in [2.75, 3.05) is 0 Å². The van der Waals surface area contributed by atoms with Crippen molar-refractivity contribution in [2.24, 2.45) is 5.41 Å². The van der Waals surface area contributed by atoms with Gasteiger partial charge in [-0.3, -0.25) is 10.1 Å². The highest BCUT2D eigenvalue weighted by molar-refractivity contribution is 5.78. The minimum atomic E-state index is -0.869. The highest BCUT2D eigenvalue weighted by Crippen LogP contribution is 2.27. The molecule has 0 fully saturated rings. The highest BCUT2D eigenvalue weighted by Gasteiger charge is 2.33. The molecule has 0 heterocycles. The van der Waals surface area contributed by atoms with Crippen molar-refractivity contribution in [3.63, 3.8) is 0 Å². The van der Waals surface area contributed by atoms with Gasteiger partial charge in [0.2, 0.25) is 0 Å². The van der Waals surface area contributed by atoms with Crippen LogP contribution in [-0.2, 0) is 24.2 Å². The molecule has 122 valence electrons. The Labute approximate surface area is 134 Å². The number of benzene rings is 1. The SMILES string of the molecule is CC(C)(C)CCC(C)(NCc1ccc2c(c1)CCC2)C(=O)O. The molecule has 1 unspecified atom stereocenters. The lowest BCUT2D eigenvalue weighted by Gasteiger charge is -2.30. The van der Waals surface area contributed by atoms with Crippen molar-refractivity contribution in [3.05, 3.63) is 34.9 Å². The summed E-state index contributed by atoms with van der Waals surface area (Å²) in [6.07, 6.45) is 5.10. The number of hydrogen-bond acceptors (Lipinski definition) is 2. The largest absolute Gasteiger partial charge is 0.480 e. The number of carbonyl (C=O) groups is 1. The molecule has 0 saturated heterocycles. The average molecular weight is 303 g/mol. The van der Waals surface area contributed by atoms with Crippen molar-refractivity contribution < 1.29 is 9.90 Å². The van der Waals surface area contributed by atoms with Gasteiger partial charge in [0.05, 0.1) is 0 Å². The summed E-state index contributed by atoms with van der Waals surface area (Å²) in [5.41, 5.74) is 3.35. The van der Waals surface area contributed by atoms with Crippen LogP contribution in [0.1, 0.15) is 63.6 Å². The molecule has 1 aliphatic rings. The smallest absolute Gasteiger partial charge is 0.323 e. The molecule has 3 nitrogen and oxygen atoms in total. The van der Waals surface area contributed by atoms with Crippen molar-refractivity contribution in [1.82, 2.24) is 5.32 Å². The van der Waals surface area contributed by atoms with E-state index < -0.39 is 11.5 Å². The number of aliphatic carboxylic acids is 1. The van der Waals surface area contributed by atoms with Crippen LogP contribution in [0.3, 0.4) is 0 Å². The lowest BCUT2D eigenvalue weighted by molar-refractivity contribution is -0.144. The molecule has 0 aliphatic heterocycles. The third kappa shape index (κ3) is 4.33. The standard InChI is InChI=1S/C19H29NO2/c1-18(2,3)10-11-19(4,17(21)22)20-13-14-8-9-15-6-5-7-16(15)12-14/h8-9,12,20H,5-7,10-11,13H2,1-4H3,(H,21,22). The van der Waals surface area contributed by atoms with Crippen LogP contribution in [0.4, 0.5) is 0 Å². The summed E-state index contributed by atoms with van der Waals surface area (Å²) in [7, 11) is 0. The van der Waals surface area contributed by atoms with Crippen molar-refractivity contribution in [1.29, 1.82) is 0 Å². The number of fused-ring (bicyclic) bond motifs is 1. The van der Waals surface area contributed by atoms with Gasteiger partial charge in [-0.1, -0.05) is 39.0 Å². The summed E-state index contributed by atoms with van der Waals surface area (Å²) in [6, 6.07) is 6.57. The molecule has 0 saturated carbocycles. The van der Waals surface area contributed by atoms with Gasteiger partial charge >= 0.3 is 5.97 Å². The Morgan fingerprint density at radius 1 is 1.14 bits per heavy atom. The summed E-state index contributed by atoms with van der Waals surface area (Å²) in [6.45, 7) is 8.86. The molecule has 1 aliphatic carbocycles. The lowest BCUT2D eigenvalue weighted by Crippen LogP contribution is -2.49. The van der Waals surface area contributed by atoms with E-state index in [1.807, 2.05) is 0 Å². The molecule has 1 aromatic carbocycles. The number of carboxylic acid groups (broad SMARTS) is 1. The Hall–Kier alpha value is -1.35. The topological polar surface area (TPSA) is 49.3 Å². The van der Waals surface area contributed by atoms with E-state index in [1.54, 1.807) is 6.92 Å². The average Bonchev–Trinajstić information content (AvgIpc) is 2.89. The van der Waals surface area contributed by atoms with Crippen LogP contribution < -0.4 is 5.32 Å². The second-order valence-corrected chi connectivity index (χ2v) is 8.01. The monoisotopic (exact) mass is 303 g/mol. The fourth-order valence-corrected chi connectivity index (χ4v) is 2.93. The molecule has 2 rings (SSSR count). The van der Waals surface area contributed by atoms with Gasteiger partial charge in [0, 0.05) is 6.54 Å². The van der Waals surface area contributed by atoms with Crippen molar-refractivity contribution in [2.45, 2.75) is 71.9 Å². The molecular formula is C19H29NO2. The molecule has 1 aromatic rings. The molecule has 0 spiro atoms. The van der Waals surface area contributed by atoms with E-state index in [0.29, 0.717) is 13.0 Å². The maximum atomic E-state index is 11.7. The van der Waals surface area contributed by atoms with Crippen LogP contribution in [-0.4, -0.2) is 16.6 Å². The summed E-state index contributed by atoms with van der Waals surface area (Å²) in [4.78, 5) is 11.7. The Balaban J connectivity index is 2.01. The van der Waals surface area contributed by atoms with E-state index in [-0.39, 0.29) is 5.41 Å². The highest BCUT2D eigenvalue weighted by atomic mass is 16.4. The summed E-state index contributed by atoms with van der Waals surface area (Å²) in [5.74, 6) is -0.766. The van der Waals surface area contributed by atoms with E-state index in [9.17, 15) is 9.90 Å². The van der Waals surface area contributed by atoms with Gasteiger partial charge < -0.3 is 5.11 Å². The summed E-state index contributed by atoms with van der Waals surface area (Å²) < 4.78 is 0. The Bertz CT molecular complexity index is 545. The molecule has 0 aromatic heterocycles. The number of aryl methyl sites for hydroxylation is 2. The van der Waals surface area contributed by atoms with E-state index in [2.05, 4.69) is 44.3 Å². The van der Waals surface area contributed by atoms with Crippen molar-refractivity contribution >= 4 is 5.97 Å². The number of nitrogens with one attached hydrogen (secondary N) is 1. The van der Waals surface area contributed by atoms with Gasteiger partial charge in [-0.2, -0.15) is 0 Å². The Morgan fingerprint density at radius 3 is 2.45 bits per heavy atom. The zero-order valence-electron chi connectivity index (χ0n) is 14.3. The van der Waals surface area contributed by atoms with E-state index >= 15 is 0 Å². The molecule has 22 heavy (non-hydrogen) atoms. The number of hydrogen-bond donors (Lipinski definition) is 2.